The molecule has 29 heavy (non-hydrogen) atoms. The zero-order valence-electron chi connectivity index (χ0n) is 15.7. The van der Waals surface area contributed by atoms with E-state index in [2.05, 4.69) is 15.5 Å². The Morgan fingerprint density at radius 2 is 1.45 bits per heavy atom. The van der Waals surface area contributed by atoms with Gasteiger partial charge in [-0.1, -0.05) is 48.0 Å². The summed E-state index contributed by atoms with van der Waals surface area (Å²) in [6.07, 6.45) is 0. The Kier molecular flexibility index (Phi) is 5.40. The summed E-state index contributed by atoms with van der Waals surface area (Å²) in [7, 11) is 0. The lowest BCUT2D eigenvalue weighted by Crippen LogP contribution is -2.26. The molecule has 1 atom stereocenters. The molecule has 0 aliphatic rings. The van der Waals surface area contributed by atoms with E-state index < -0.39 is 0 Å². The number of aromatic nitrogens is 2. The number of benzene rings is 3. The van der Waals surface area contributed by atoms with Gasteiger partial charge in [0.15, 0.2) is 0 Å². The van der Waals surface area contributed by atoms with E-state index in [9.17, 15) is 4.79 Å². The van der Waals surface area contributed by atoms with E-state index in [0.717, 1.165) is 16.7 Å². The number of hydrogen-bond acceptors (Lipinski definition) is 4. The maximum absolute atomic E-state index is 12.6. The Hall–Kier alpha value is -3.44. The van der Waals surface area contributed by atoms with Gasteiger partial charge in [0.25, 0.3) is 5.91 Å². The maximum Gasteiger partial charge on any atom is 0.251 e. The zero-order valence-corrected chi connectivity index (χ0v) is 16.4. The number of hydrogen-bond donors (Lipinski definition) is 1. The van der Waals surface area contributed by atoms with Gasteiger partial charge >= 0.3 is 0 Å². The second-order valence-corrected chi connectivity index (χ2v) is 6.98. The average Bonchev–Trinajstić information content (AvgIpc) is 3.25. The topological polar surface area (TPSA) is 68.0 Å². The fourth-order valence-electron chi connectivity index (χ4n) is 2.99. The summed E-state index contributed by atoms with van der Waals surface area (Å²) in [6, 6.07) is 23.9. The molecule has 0 bridgehead atoms. The molecular formula is C23H18ClN3O2. The van der Waals surface area contributed by atoms with Crippen LogP contribution in [0.25, 0.3) is 22.9 Å². The van der Waals surface area contributed by atoms with Crippen molar-refractivity contribution in [1.29, 1.82) is 0 Å². The zero-order chi connectivity index (χ0) is 20.2. The number of nitrogens with zero attached hydrogens (tertiary/aromatic N) is 2. The monoisotopic (exact) mass is 403 g/mol. The molecule has 144 valence electrons. The molecule has 0 aliphatic carbocycles. The van der Waals surface area contributed by atoms with Crippen molar-refractivity contribution in [3.05, 3.63) is 95.0 Å². The second kappa shape index (κ2) is 8.29. The maximum atomic E-state index is 12.6. The molecule has 6 heteroatoms. The van der Waals surface area contributed by atoms with E-state index in [1.54, 1.807) is 24.3 Å². The fourth-order valence-corrected chi connectivity index (χ4v) is 3.28. The molecule has 0 saturated heterocycles. The Balaban J connectivity index is 1.47. The van der Waals surface area contributed by atoms with E-state index in [4.69, 9.17) is 16.0 Å². The minimum atomic E-state index is -0.208. The van der Waals surface area contributed by atoms with Crippen LogP contribution in [0.4, 0.5) is 0 Å². The molecule has 4 aromatic rings. The van der Waals surface area contributed by atoms with Gasteiger partial charge in [0.1, 0.15) is 0 Å². The first-order valence-electron chi connectivity index (χ1n) is 9.16. The Morgan fingerprint density at radius 1 is 0.862 bits per heavy atom. The number of carbonyl (C=O) groups is 1. The molecule has 0 saturated carbocycles. The number of nitrogens with one attached hydrogen (secondary N) is 1. The van der Waals surface area contributed by atoms with Crippen LogP contribution in [0.15, 0.2) is 83.3 Å². The number of halogens is 1. The summed E-state index contributed by atoms with van der Waals surface area (Å²) in [6.45, 7) is 1.90. The van der Waals surface area contributed by atoms with Crippen LogP contribution in [0.3, 0.4) is 0 Å². The molecule has 1 N–H and O–H groups in total. The summed E-state index contributed by atoms with van der Waals surface area (Å²) in [5, 5.41) is 11.8. The van der Waals surface area contributed by atoms with Crippen LogP contribution >= 0.6 is 11.6 Å². The Labute approximate surface area is 173 Å². The summed E-state index contributed by atoms with van der Waals surface area (Å²) >= 11 is 6.21. The van der Waals surface area contributed by atoms with Crippen LogP contribution in [-0.2, 0) is 0 Å². The highest BCUT2D eigenvalue weighted by atomic mass is 35.5. The molecule has 1 aromatic heterocycles. The lowest BCUT2D eigenvalue weighted by molar-refractivity contribution is 0.0940. The summed E-state index contributed by atoms with van der Waals surface area (Å²) in [5.41, 5.74) is 3.01. The summed E-state index contributed by atoms with van der Waals surface area (Å²) in [4.78, 5) is 12.6. The minimum Gasteiger partial charge on any atom is -0.416 e. The fraction of sp³-hybridized carbons (Fsp3) is 0.0870. The Bertz CT molecular complexity index is 1120. The van der Waals surface area contributed by atoms with Crippen LogP contribution in [0, 0.1) is 0 Å². The van der Waals surface area contributed by atoms with Gasteiger partial charge in [-0.15, -0.1) is 10.2 Å². The van der Waals surface area contributed by atoms with Crippen molar-refractivity contribution in [2.24, 2.45) is 0 Å². The Morgan fingerprint density at radius 3 is 2.10 bits per heavy atom. The summed E-state index contributed by atoms with van der Waals surface area (Å²) in [5.74, 6) is 0.677. The van der Waals surface area contributed by atoms with Crippen LogP contribution in [0.2, 0.25) is 5.02 Å². The third-order valence-corrected chi connectivity index (χ3v) is 4.90. The van der Waals surface area contributed by atoms with Gasteiger partial charge in [-0.05, 0) is 55.0 Å². The van der Waals surface area contributed by atoms with E-state index in [1.807, 2.05) is 61.5 Å². The largest absolute Gasteiger partial charge is 0.416 e. The third-order valence-electron chi connectivity index (χ3n) is 4.56. The molecule has 4 rings (SSSR count). The first-order chi connectivity index (χ1) is 14.1. The van der Waals surface area contributed by atoms with E-state index in [-0.39, 0.29) is 11.9 Å². The first kappa shape index (κ1) is 18.9. The quantitative estimate of drug-likeness (QED) is 0.474. The third kappa shape index (κ3) is 4.20. The van der Waals surface area contributed by atoms with Gasteiger partial charge in [0.05, 0.1) is 6.04 Å². The van der Waals surface area contributed by atoms with Crippen LogP contribution < -0.4 is 5.32 Å². The van der Waals surface area contributed by atoms with Crippen molar-refractivity contribution < 1.29 is 9.21 Å². The molecule has 1 amide bonds. The van der Waals surface area contributed by atoms with Crippen LogP contribution in [-0.4, -0.2) is 16.1 Å². The lowest BCUT2D eigenvalue weighted by atomic mass is 10.1. The van der Waals surface area contributed by atoms with Crippen molar-refractivity contribution in [1.82, 2.24) is 15.5 Å². The first-order valence-corrected chi connectivity index (χ1v) is 9.54. The highest BCUT2D eigenvalue weighted by molar-refractivity contribution is 6.31. The normalized spacial score (nSPS) is 11.8. The molecular weight excluding hydrogens is 386 g/mol. The minimum absolute atomic E-state index is 0.181. The number of carbonyl (C=O) groups excluding carboxylic acids is 1. The molecule has 5 nitrogen and oxygen atoms in total. The average molecular weight is 404 g/mol. The predicted octanol–water partition coefficient (Wildman–Crippen LogP) is 5.55. The molecule has 0 spiro atoms. The molecule has 0 radical (unpaired) electrons. The standard InChI is InChI=1S/C23H18ClN3O2/c1-15(19-9-5-6-10-20(19)24)25-21(28)16-11-13-18(14-12-16)23-27-26-22(29-23)17-7-3-2-4-8-17/h2-15H,1H3,(H,25,28). The molecule has 0 aliphatic heterocycles. The molecule has 3 aromatic carbocycles. The molecule has 0 fully saturated rings. The van der Waals surface area contributed by atoms with Crippen molar-refractivity contribution in [2.75, 3.05) is 0 Å². The highest BCUT2D eigenvalue weighted by Crippen LogP contribution is 2.25. The molecule has 1 unspecified atom stereocenters. The van der Waals surface area contributed by atoms with Gasteiger partial charge < -0.3 is 9.73 Å². The van der Waals surface area contributed by atoms with Gasteiger partial charge in [-0.3, -0.25) is 4.79 Å². The highest BCUT2D eigenvalue weighted by Gasteiger charge is 2.15. The SMILES string of the molecule is CC(NC(=O)c1ccc(-c2nnc(-c3ccccc3)o2)cc1)c1ccccc1Cl. The van der Waals surface area contributed by atoms with Crippen molar-refractivity contribution in [3.8, 4) is 22.9 Å². The number of rotatable bonds is 5. The second-order valence-electron chi connectivity index (χ2n) is 6.57. The van der Waals surface area contributed by atoms with Crippen molar-refractivity contribution in [2.45, 2.75) is 13.0 Å². The van der Waals surface area contributed by atoms with Gasteiger partial charge in [-0.2, -0.15) is 0 Å². The van der Waals surface area contributed by atoms with E-state index in [1.165, 1.54) is 0 Å². The van der Waals surface area contributed by atoms with Gasteiger partial charge in [0.2, 0.25) is 11.8 Å². The van der Waals surface area contributed by atoms with Crippen molar-refractivity contribution >= 4 is 17.5 Å². The molecule has 1 heterocycles. The van der Waals surface area contributed by atoms with Gasteiger partial charge in [-0.25, -0.2) is 0 Å². The van der Waals surface area contributed by atoms with E-state index >= 15 is 0 Å². The summed E-state index contributed by atoms with van der Waals surface area (Å²) < 4.78 is 5.75. The number of amides is 1. The van der Waals surface area contributed by atoms with Gasteiger partial charge in [0, 0.05) is 21.7 Å². The smallest absolute Gasteiger partial charge is 0.251 e. The van der Waals surface area contributed by atoms with E-state index in [0.29, 0.717) is 22.4 Å². The van der Waals surface area contributed by atoms with Crippen LogP contribution in [0.1, 0.15) is 28.9 Å². The van der Waals surface area contributed by atoms with Crippen molar-refractivity contribution in [3.63, 3.8) is 0 Å². The predicted molar refractivity (Wildman–Crippen MR) is 113 cm³/mol. The van der Waals surface area contributed by atoms with Crippen LogP contribution in [0.5, 0.6) is 0 Å². The lowest BCUT2D eigenvalue weighted by Gasteiger charge is -2.15.